The molecule has 8 heteroatoms. The lowest BCUT2D eigenvalue weighted by Crippen LogP contribution is -2.41. The Morgan fingerprint density at radius 3 is 2.61 bits per heavy atom. The fourth-order valence-corrected chi connectivity index (χ4v) is 3.08. The zero-order valence-electron chi connectivity index (χ0n) is 16.8. The van der Waals surface area contributed by atoms with Crippen molar-refractivity contribution in [2.24, 2.45) is 5.92 Å². The summed E-state index contributed by atoms with van der Waals surface area (Å²) in [5, 5.41) is 14.5. The fourth-order valence-electron chi connectivity index (χ4n) is 3.08. The number of carbonyl (C=O) groups is 3. The van der Waals surface area contributed by atoms with Crippen LogP contribution in [0.4, 0.5) is 0 Å². The molecule has 0 saturated carbocycles. The summed E-state index contributed by atoms with van der Waals surface area (Å²) in [7, 11) is 0. The molecule has 0 fully saturated rings. The van der Waals surface area contributed by atoms with Crippen molar-refractivity contribution in [3.05, 3.63) is 35.3 Å². The number of nitrogens with one attached hydrogen (secondary N) is 2. The summed E-state index contributed by atoms with van der Waals surface area (Å²) >= 11 is 0. The summed E-state index contributed by atoms with van der Waals surface area (Å²) in [6.07, 6.45) is 2.74. The molecule has 28 heavy (non-hydrogen) atoms. The lowest BCUT2D eigenvalue weighted by atomic mass is 10.0. The topological polar surface area (TPSA) is 113 Å². The van der Waals surface area contributed by atoms with E-state index in [0.29, 0.717) is 30.8 Å². The highest BCUT2D eigenvalue weighted by Crippen LogP contribution is 2.15. The second-order valence-corrected chi connectivity index (χ2v) is 7.38. The molecule has 0 aliphatic rings. The Bertz CT molecular complexity index is 872. The van der Waals surface area contributed by atoms with Gasteiger partial charge >= 0.3 is 5.97 Å². The molecular formula is C20H28N4O4. The first kappa shape index (κ1) is 21.4. The quantitative estimate of drug-likeness (QED) is 0.569. The lowest BCUT2D eigenvalue weighted by Gasteiger charge is -2.16. The van der Waals surface area contributed by atoms with E-state index in [9.17, 15) is 19.5 Å². The molecule has 1 unspecified atom stereocenters. The highest BCUT2D eigenvalue weighted by atomic mass is 16.4. The number of carboxylic acids is 1. The van der Waals surface area contributed by atoms with Gasteiger partial charge in [0.2, 0.25) is 5.91 Å². The predicted octanol–water partition coefficient (Wildman–Crippen LogP) is 2.08. The number of pyridine rings is 1. The SMILES string of the molecule is Cc1nc2c(C)cccn2c1C(=O)NCCCC(=O)NC(CC(C)C)C(=O)O. The van der Waals surface area contributed by atoms with Gasteiger partial charge in [0.1, 0.15) is 17.4 Å². The Balaban J connectivity index is 1.86. The third kappa shape index (κ3) is 5.31. The number of nitrogens with zero attached hydrogens (tertiary/aromatic N) is 2. The molecule has 2 aromatic rings. The molecule has 0 aliphatic carbocycles. The van der Waals surface area contributed by atoms with Gasteiger partial charge in [0, 0.05) is 19.2 Å². The predicted molar refractivity (Wildman–Crippen MR) is 105 cm³/mol. The third-order valence-electron chi connectivity index (χ3n) is 4.44. The number of fused-ring (bicyclic) bond motifs is 1. The first-order valence-corrected chi connectivity index (χ1v) is 9.45. The molecule has 0 aromatic carbocycles. The number of hydrogen-bond acceptors (Lipinski definition) is 4. The van der Waals surface area contributed by atoms with Crippen LogP contribution in [0, 0.1) is 19.8 Å². The number of rotatable bonds is 9. The molecule has 2 aromatic heterocycles. The van der Waals surface area contributed by atoms with Crippen LogP contribution in [-0.2, 0) is 9.59 Å². The molecule has 0 saturated heterocycles. The Hall–Kier alpha value is -2.90. The molecule has 0 radical (unpaired) electrons. The molecule has 1 atom stereocenters. The summed E-state index contributed by atoms with van der Waals surface area (Å²) in [5.41, 5.74) is 2.85. The fraction of sp³-hybridized carbons (Fsp3) is 0.500. The lowest BCUT2D eigenvalue weighted by molar-refractivity contribution is -0.142. The van der Waals surface area contributed by atoms with Crippen molar-refractivity contribution in [3.8, 4) is 0 Å². The summed E-state index contributed by atoms with van der Waals surface area (Å²) in [6, 6.07) is 2.91. The monoisotopic (exact) mass is 388 g/mol. The minimum atomic E-state index is -1.03. The molecule has 0 bridgehead atoms. The maximum Gasteiger partial charge on any atom is 0.326 e. The van der Waals surface area contributed by atoms with Crippen LogP contribution in [0.5, 0.6) is 0 Å². The van der Waals surface area contributed by atoms with Crippen molar-refractivity contribution < 1.29 is 19.5 Å². The maximum absolute atomic E-state index is 12.5. The van der Waals surface area contributed by atoms with E-state index in [1.54, 1.807) is 17.5 Å². The van der Waals surface area contributed by atoms with Crippen LogP contribution in [0.1, 0.15) is 54.9 Å². The van der Waals surface area contributed by atoms with Crippen LogP contribution in [0.3, 0.4) is 0 Å². The Kier molecular flexibility index (Phi) is 7.14. The third-order valence-corrected chi connectivity index (χ3v) is 4.44. The minimum absolute atomic E-state index is 0.146. The largest absolute Gasteiger partial charge is 0.480 e. The van der Waals surface area contributed by atoms with Crippen LogP contribution in [0.25, 0.3) is 5.65 Å². The smallest absolute Gasteiger partial charge is 0.326 e. The Labute approximate surface area is 164 Å². The van der Waals surface area contributed by atoms with Gasteiger partial charge in [-0.1, -0.05) is 19.9 Å². The zero-order chi connectivity index (χ0) is 20.8. The van der Waals surface area contributed by atoms with Gasteiger partial charge < -0.3 is 15.7 Å². The van der Waals surface area contributed by atoms with Crippen LogP contribution in [0.2, 0.25) is 0 Å². The Morgan fingerprint density at radius 1 is 1.25 bits per heavy atom. The van der Waals surface area contributed by atoms with Gasteiger partial charge in [-0.3, -0.25) is 14.0 Å². The second-order valence-electron chi connectivity index (χ2n) is 7.38. The number of aliphatic carboxylic acids is 1. The molecule has 2 amide bonds. The first-order valence-electron chi connectivity index (χ1n) is 9.45. The number of aromatic nitrogens is 2. The van der Waals surface area contributed by atoms with Crippen molar-refractivity contribution in [1.82, 2.24) is 20.0 Å². The van der Waals surface area contributed by atoms with Crippen molar-refractivity contribution in [2.75, 3.05) is 6.54 Å². The van der Waals surface area contributed by atoms with E-state index < -0.39 is 12.0 Å². The molecule has 0 spiro atoms. The number of carboxylic acid groups (broad SMARTS) is 1. The van der Waals surface area contributed by atoms with Crippen molar-refractivity contribution in [3.63, 3.8) is 0 Å². The zero-order valence-corrected chi connectivity index (χ0v) is 16.8. The van der Waals surface area contributed by atoms with E-state index in [1.165, 1.54) is 0 Å². The van der Waals surface area contributed by atoms with Crippen molar-refractivity contribution >= 4 is 23.4 Å². The highest BCUT2D eigenvalue weighted by molar-refractivity contribution is 5.94. The molecular weight excluding hydrogens is 360 g/mol. The Morgan fingerprint density at radius 2 is 1.96 bits per heavy atom. The van der Waals surface area contributed by atoms with Gasteiger partial charge in [0.15, 0.2) is 0 Å². The number of imidazole rings is 1. The van der Waals surface area contributed by atoms with E-state index in [2.05, 4.69) is 15.6 Å². The second kappa shape index (κ2) is 9.34. The molecule has 152 valence electrons. The summed E-state index contributed by atoms with van der Waals surface area (Å²) < 4.78 is 1.76. The van der Waals surface area contributed by atoms with Crippen molar-refractivity contribution in [2.45, 2.75) is 53.0 Å². The first-order chi connectivity index (χ1) is 13.2. The van der Waals surface area contributed by atoms with E-state index in [4.69, 9.17) is 0 Å². The summed E-state index contributed by atoms with van der Waals surface area (Å²) in [5.74, 6) is -1.45. The molecule has 2 rings (SSSR count). The van der Waals surface area contributed by atoms with Gasteiger partial charge in [-0.25, -0.2) is 9.78 Å². The minimum Gasteiger partial charge on any atom is -0.480 e. The maximum atomic E-state index is 12.5. The summed E-state index contributed by atoms with van der Waals surface area (Å²) in [4.78, 5) is 40.2. The molecule has 8 nitrogen and oxygen atoms in total. The van der Waals surface area contributed by atoms with E-state index in [1.807, 2.05) is 32.9 Å². The van der Waals surface area contributed by atoms with E-state index in [-0.39, 0.29) is 24.2 Å². The van der Waals surface area contributed by atoms with Crippen LogP contribution in [-0.4, -0.2) is 44.9 Å². The van der Waals surface area contributed by atoms with Crippen LogP contribution < -0.4 is 10.6 Å². The van der Waals surface area contributed by atoms with Crippen molar-refractivity contribution in [1.29, 1.82) is 0 Å². The average molecular weight is 388 g/mol. The van der Waals surface area contributed by atoms with Gasteiger partial charge in [0.25, 0.3) is 5.91 Å². The molecule has 2 heterocycles. The number of aryl methyl sites for hydroxylation is 2. The van der Waals surface area contributed by atoms with Gasteiger partial charge in [0.05, 0.1) is 5.69 Å². The van der Waals surface area contributed by atoms with Gasteiger partial charge in [-0.2, -0.15) is 0 Å². The molecule has 0 aliphatic heterocycles. The van der Waals surface area contributed by atoms with Gasteiger partial charge in [-0.05, 0) is 44.2 Å². The van der Waals surface area contributed by atoms with Crippen LogP contribution >= 0.6 is 0 Å². The standard InChI is InChI=1S/C20H28N4O4/c1-12(2)11-15(20(27)28)23-16(25)8-5-9-21-19(26)17-14(4)22-18-13(3)7-6-10-24(17)18/h6-7,10,12,15H,5,8-9,11H2,1-4H3,(H,21,26)(H,23,25)(H,27,28). The normalized spacial score (nSPS) is 12.2. The average Bonchev–Trinajstić information content (AvgIpc) is 2.95. The van der Waals surface area contributed by atoms with Crippen LogP contribution in [0.15, 0.2) is 18.3 Å². The van der Waals surface area contributed by atoms with E-state index in [0.717, 1.165) is 11.2 Å². The highest BCUT2D eigenvalue weighted by Gasteiger charge is 2.21. The summed E-state index contributed by atoms with van der Waals surface area (Å²) in [6.45, 7) is 7.84. The van der Waals surface area contributed by atoms with E-state index >= 15 is 0 Å². The molecule has 3 N–H and O–H groups in total. The number of amides is 2. The number of carbonyl (C=O) groups excluding carboxylic acids is 2. The van der Waals surface area contributed by atoms with Gasteiger partial charge in [-0.15, -0.1) is 0 Å². The number of hydrogen-bond donors (Lipinski definition) is 3.